The molecule has 0 bridgehead atoms. The Morgan fingerprint density at radius 3 is 2.50 bits per heavy atom. The Morgan fingerprint density at radius 1 is 1.00 bits per heavy atom. The number of hydrogen-bond acceptors (Lipinski definition) is 2. The van der Waals surface area contributed by atoms with E-state index in [0.29, 0.717) is 17.7 Å². The largest absolute Gasteiger partial charge is 0.497 e. The molecule has 4 nitrogen and oxygen atoms in total. The van der Waals surface area contributed by atoms with Gasteiger partial charge in [-0.25, -0.2) is 4.39 Å². The van der Waals surface area contributed by atoms with Crippen LogP contribution in [0.5, 0.6) is 5.75 Å². The first-order chi connectivity index (χ1) is 15.6. The van der Waals surface area contributed by atoms with Crippen LogP contribution in [-0.4, -0.2) is 17.6 Å². The standard InChI is InChI=1S/C27H20FN2O2/c1-32-20-12-9-17(10-13-20)18-11-14-21-25(15-18)30(16-19-5-2-3-7-23(19)28)24-8-4-6-22(26(21)24)27(29)31/h2-13,15H,16H2,1H3,(H2,29,31). The van der Waals surface area contributed by atoms with Crippen molar-refractivity contribution < 1.29 is 13.9 Å². The third kappa shape index (κ3) is 3.28. The van der Waals surface area contributed by atoms with Crippen LogP contribution in [0.15, 0.2) is 78.9 Å². The summed E-state index contributed by atoms with van der Waals surface area (Å²) in [5.41, 5.74) is 10.3. The lowest BCUT2D eigenvalue weighted by molar-refractivity contribution is 0.100. The zero-order valence-electron chi connectivity index (χ0n) is 17.4. The normalized spacial score (nSPS) is 11.2. The van der Waals surface area contributed by atoms with Crippen LogP contribution in [0.3, 0.4) is 0 Å². The van der Waals surface area contributed by atoms with Crippen LogP contribution >= 0.6 is 0 Å². The zero-order valence-corrected chi connectivity index (χ0v) is 17.4. The van der Waals surface area contributed by atoms with Gasteiger partial charge in [-0.05, 0) is 59.7 Å². The number of primary amides is 1. The maximum atomic E-state index is 14.5. The highest BCUT2D eigenvalue weighted by molar-refractivity contribution is 6.18. The van der Waals surface area contributed by atoms with Crippen molar-refractivity contribution >= 4 is 27.7 Å². The topological polar surface area (TPSA) is 57.2 Å². The number of nitrogens with zero attached hydrogens (tertiary/aromatic N) is 1. The van der Waals surface area contributed by atoms with Gasteiger partial charge in [0.2, 0.25) is 5.91 Å². The summed E-state index contributed by atoms with van der Waals surface area (Å²) in [6, 6.07) is 27.2. The second kappa shape index (κ2) is 7.85. The van der Waals surface area contributed by atoms with Gasteiger partial charge in [-0.1, -0.05) is 36.4 Å². The average Bonchev–Trinajstić information content (AvgIpc) is 3.13. The lowest BCUT2D eigenvalue weighted by atomic mass is 10.0. The molecule has 0 unspecified atom stereocenters. The van der Waals surface area contributed by atoms with Crippen molar-refractivity contribution in [2.24, 2.45) is 5.73 Å². The summed E-state index contributed by atoms with van der Waals surface area (Å²) in [4.78, 5) is 12.2. The van der Waals surface area contributed by atoms with Gasteiger partial charge in [0.1, 0.15) is 11.6 Å². The van der Waals surface area contributed by atoms with E-state index in [4.69, 9.17) is 10.5 Å². The summed E-state index contributed by atoms with van der Waals surface area (Å²) in [6.45, 7) is 0.314. The van der Waals surface area contributed by atoms with Crippen molar-refractivity contribution in [2.75, 3.05) is 7.11 Å². The maximum Gasteiger partial charge on any atom is 0.249 e. The van der Waals surface area contributed by atoms with Gasteiger partial charge in [0.05, 0.1) is 24.7 Å². The number of nitrogens with two attached hydrogens (primary N) is 1. The number of aromatic nitrogens is 1. The minimum atomic E-state index is -0.506. The van der Waals surface area contributed by atoms with E-state index in [-0.39, 0.29) is 5.82 Å². The lowest BCUT2D eigenvalue weighted by Crippen LogP contribution is -2.11. The van der Waals surface area contributed by atoms with Gasteiger partial charge in [-0.2, -0.15) is 0 Å². The molecule has 4 aromatic carbocycles. The average molecular weight is 423 g/mol. The van der Waals surface area contributed by atoms with E-state index in [1.165, 1.54) is 6.07 Å². The van der Waals surface area contributed by atoms with Crippen molar-refractivity contribution in [3.63, 3.8) is 0 Å². The number of fused-ring (bicyclic) bond motifs is 3. The van der Waals surface area contributed by atoms with Crippen molar-refractivity contribution in [2.45, 2.75) is 6.54 Å². The SMILES string of the molecule is COc1ccc(-c2c[c]c3c4c(C(N)=O)cccc4n(Cc4ccccc4F)c3c2)cc1. The van der Waals surface area contributed by atoms with Crippen molar-refractivity contribution in [3.05, 3.63) is 102 Å². The summed E-state index contributed by atoms with van der Waals surface area (Å²) < 4.78 is 21.8. The van der Waals surface area contributed by atoms with Gasteiger partial charge in [0.25, 0.3) is 0 Å². The lowest BCUT2D eigenvalue weighted by Gasteiger charge is -2.10. The predicted molar refractivity (Wildman–Crippen MR) is 124 cm³/mol. The molecule has 157 valence electrons. The molecule has 1 amide bonds. The third-order valence-electron chi connectivity index (χ3n) is 5.77. The van der Waals surface area contributed by atoms with Gasteiger partial charge in [-0.3, -0.25) is 4.79 Å². The number of ether oxygens (including phenoxy) is 1. The molecule has 0 atom stereocenters. The van der Waals surface area contributed by atoms with Crippen LogP contribution in [0, 0.1) is 11.9 Å². The van der Waals surface area contributed by atoms with Gasteiger partial charge >= 0.3 is 0 Å². The molecule has 0 fully saturated rings. The fourth-order valence-corrected chi connectivity index (χ4v) is 4.18. The summed E-state index contributed by atoms with van der Waals surface area (Å²) in [7, 11) is 1.63. The molecule has 0 spiro atoms. The monoisotopic (exact) mass is 423 g/mol. The van der Waals surface area contributed by atoms with Crippen molar-refractivity contribution in [1.29, 1.82) is 0 Å². The van der Waals surface area contributed by atoms with E-state index in [1.54, 1.807) is 31.4 Å². The molecule has 1 aromatic heterocycles. The minimum absolute atomic E-state index is 0.274. The third-order valence-corrected chi connectivity index (χ3v) is 5.77. The summed E-state index contributed by atoms with van der Waals surface area (Å²) in [6.07, 6.45) is 0. The Bertz CT molecular complexity index is 1470. The first kappa shape index (κ1) is 19.8. The molecule has 0 aliphatic rings. The molecule has 0 saturated carbocycles. The highest BCUT2D eigenvalue weighted by Gasteiger charge is 2.18. The fourth-order valence-electron chi connectivity index (χ4n) is 4.18. The van der Waals surface area contributed by atoms with Crippen LogP contribution in [0.2, 0.25) is 0 Å². The first-order valence-electron chi connectivity index (χ1n) is 10.2. The van der Waals surface area contributed by atoms with Crippen LogP contribution in [-0.2, 0) is 6.54 Å². The molecule has 2 N–H and O–H groups in total. The highest BCUT2D eigenvalue weighted by Crippen LogP contribution is 2.35. The number of hydrogen-bond donors (Lipinski definition) is 1. The molecule has 5 rings (SSSR count). The van der Waals surface area contributed by atoms with Crippen molar-refractivity contribution in [1.82, 2.24) is 4.57 Å². The van der Waals surface area contributed by atoms with Gasteiger partial charge in [0, 0.05) is 21.9 Å². The van der Waals surface area contributed by atoms with Crippen LogP contribution in [0.1, 0.15) is 15.9 Å². The maximum absolute atomic E-state index is 14.5. The van der Waals surface area contributed by atoms with Gasteiger partial charge in [0.15, 0.2) is 0 Å². The zero-order chi connectivity index (χ0) is 22.2. The summed E-state index contributed by atoms with van der Waals surface area (Å²) in [5.74, 6) is -0.00408. The Labute approximate surface area is 184 Å². The van der Waals surface area contributed by atoms with Gasteiger partial charge in [-0.15, -0.1) is 0 Å². The molecule has 0 aliphatic heterocycles. The minimum Gasteiger partial charge on any atom is -0.497 e. The number of rotatable bonds is 5. The number of carbonyl (C=O) groups is 1. The van der Waals surface area contributed by atoms with E-state index in [1.807, 2.05) is 53.1 Å². The molecule has 5 aromatic rings. The Hall–Kier alpha value is -4.12. The molecular formula is C27H20FN2O2. The van der Waals surface area contributed by atoms with E-state index in [2.05, 4.69) is 6.07 Å². The summed E-state index contributed by atoms with van der Waals surface area (Å²) >= 11 is 0. The molecule has 0 aliphatic carbocycles. The smallest absolute Gasteiger partial charge is 0.249 e. The Balaban J connectivity index is 1.78. The highest BCUT2D eigenvalue weighted by atomic mass is 19.1. The molecule has 32 heavy (non-hydrogen) atoms. The second-order valence-corrected chi connectivity index (χ2v) is 7.62. The quantitative estimate of drug-likeness (QED) is 0.403. The Kier molecular flexibility index (Phi) is 4.86. The fraction of sp³-hybridized carbons (Fsp3) is 0.0741. The number of halogens is 1. The number of methoxy groups -OCH3 is 1. The van der Waals surface area contributed by atoms with Crippen LogP contribution in [0.25, 0.3) is 32.9 Å². The predicted octanol–water partition coefficient (Wildman–Crippen LogP) is 5.56. The van der Waals surface area contributed by atoms with Gasteiger partial charge < -0.3 is 15.0 Å². The van der Waals surface area contributed by atoms with Crippen LogP contribution < -0.4 is 10.5 Å². The first-order valence-corrected chi connectivity index (χ1v) is 10.2. The molecule has 5 heteroatoms. The Morgan fingerprint density at radius 2 is 1.78 bits per heavy atom. The number of amides is 1. The van der Waals surface area contributed by atoms with Crippen molar-refractivity contribution in [3.8, 4) is 16.9 Å². The molecule has 1 radical (unpaired) electrons. The van der Waals surface area contributed by atoms with E-state index in [0.717, 1.165) is 38.7 Å². The molecular weight excluding hydrogens is 403 g/mol. The number of carbonyl (C=O) groups excluding carboxylic acids is 1. The van der Waals surface area contributed by atoms with E-state index >= 15 is 0 Å². The van der Waals surface area contributed by atoms with E-state index in [9.17, 15) is 9.18 Å². The summed E-state index contributed by atoms with van der Waals surface area (Å²) in [5, 5.41) is 1.51. The van der Waals surface area contributed by atoms with E-state index < -0.39 is 5.91 Å². The molecule has 1 heterocycles. The molecule has 0 saturated heterocycles. The van der Waals surface area contributed by atoms with Crippen LogP contribution in [0.4, 0.5) is 4.39 Å². The second-order valence-electron chi connectivity index (χ2n) is 7.62. The number of benzene rings is 4.